The lowest BCUT2D eigenvalue weighted by Crippen LogP contribution is -2.51. The van der Waals surface area contributed by atoms with Crippen LogP contribution in [0.25, 0.3) is 0 Å². The Kier molecular flexibility index (Phi) is 3.47. The average molecular weight is 282 g/mol. The van der Waals surface area contributed by atoms with Crippen molar-refractivity contribution >= 4 is 18.0 Å². The fraction of sp³-hybridized carbons (Fsp3) is 0.750. The van der Waals surface area contributed by atoms with E-state index in [4.69, 9.17) is 4.84 Å². The summed E-state index contributed by atoms with van der Waals surface area (Å²) in [6.45, 7) is 2.73. The van der Waals surface area contributed by atoms with E-state index in [1.807, 2.05) is 0 Å². The Morgan fingerprint density at radius 2 is 1.90 bits per heavy atom. The Hall–Kier alpha value is -1.83. The highest BCUT2D eigenvalue weighted by molar-refractivity contribution is 6.04. The Morgan fingerprint density at radius 3 is 2.60 bits per heavy atom. The first-order valence-electron chi connectivity index (χ1n) is 7.00. The van der Waals surface area contributed by atoms with Crippen molar-refractivity contribution in [3.05, 3.63) is 0 Å². The first kappa shape index (κ1) is 13.2. The zero-order valence-electron chi connectivity index (χ0n) is 11.2. The van der Waals surface area contributed by atoms with E-state index >= 15 is 0 Å². The van der Waals surface area contributed by atoms with E-state index in [0.717, 1.165) is 19.3 Å². The molecule has 0 aromatic heterocycles. The minimum atomic E-state index is -0.612. The van der Waals surface area contributed by atoms with Crippen molar-refractivity contribution in [3.63, 3.8) is 0 Å². The number of hydrogen-bond donors (Lipinski definition) is 1. The quantitative estimate of drug-likeness (QED) is 0.671. The third-order valence-electron chi connectivity index (χ3n) is 3.93. The highest BCUT2D eigenvalue weighted by atomic mass is 16.7. The highest BCUT2D eigenvalue weighted by Crippen LogP contribution is 2.20. The van der Waals surface area contributed by atoms with Crippen LogP contribution in [0.5, 0.6) is 0 Å². The van der Waals surface area contributed by atoms with Crippen LogP contribution in [-0.2, 0) is 9.63 Å². The molecule has 3 heterocycles. The topological polar surface area (TPSA) is 82.2 Å². The second-order valence-electron chi connectivity index (χ2n) is 5.23. The summed E-state index contributed by atoms with van der Waals surface area (Å²) in [5.41, 5.74) is 0. The molecule has 3 aliphatic heterocycles. The fourth-order valence-electron chi connectivity index (χ4n) is 2.80. The van der Waals surface area contributed by atoms with E-state index in [1.165, 1.54) is 4.90 Å². The molecule has 8 heteroatoms. The van der Waals surface area contributed by atoms with E-state index in [1.54, 1.807) is 4.90 Å². The molecule has 0 bridgehead atoms. The first-order valence-corrected chi connectivity index (χ1v) is 7.00. The lowest BCUT2D eigenvalue weighted by Gasteiger charge is -2.27. The molecular weight excluding hydrogens is 264 g/mol. The minimum Gasteiger partial charge on any atom is -0.312 e. The lowest BCUT2D eigenvalue weighted by atomic mass is 10.1. The smallest absolute Gasteiger partial charge is 0.312 e. The van der Waals surface area contributed by atoms with Gasteiger partial charge in [0.1, 0.15) is 6.04 Å². The second kappa shape index (κ2) is 5.28. The van der Waals surface area contributed by atoms with Crippen LogP contribution in [0.4, 0.5) is 9.59 Å². The number of amides is 4. The number of fused-ring (bicyclic) bond motifs is 1. The number of urea groups is 1. The molecule has 3 saturated heterocycles. The van der Waals surface area contributed by atoms with Gasteiger partial charge in [0.15, 0.2) is 0 Å². The van der Waals surface area contributed by atoms with E-state index < -0.39 is 24.1 Å². The average Bonchev–Trinajstić information content (AvgIpc) is 2.74. The van der Waals surface area contributed by atoms with Crippen LogP contribution in [-0.4, -0.2) is 71.7 Å². The van der Waals surface area contributed by atoms with Crippen molar-refractivity contribution in [2.75, 3.05) is 32.7 Å². The minimum absolute atomic E-state index is 0.405. The van der Waals surface area contributed by atoms with Crippen molar-refractivity contribution in [1.29, 1.82) is 0 Å². The predicted octanol–water partition coefficient (Wildman–Crippen LogP) is -0.240. The molecule has 1 N–H and O–H groups in total. The molecule has 0 spiro atoms. The molecule has 0 aromatic rings. The number of hydrogen-bond acceptors (Lipinski definition) is 5. The molecule has 0 aromatic carbocycles. The van der Waals surface area contributed by atoms with Gasteiger partial charge in [-0.1, -0.05) is 5.06 Å². The number of nitrogens with zero attached hydrogens (tertiary/aromatic N) is 3. The molecule has 3 fully saturated rings. The third-order valence-corrected chi connectivity index (χ3v) is 3.93. The summed E-state index contributed by atoms with van der Waals surface area (Å²) in [5, 5.41) is 3.67. The molecule has 8 nitrogen and oxygen atoms in total. The number of likely N-dealkylation sites (tertiary alicyclic amines) is 1. The summed E-state index contributed by atoms with van der Waals surface area (Å²) in [5.74, 6) is -0.465. The fourth-order valence-corrected chi connectivity index (χ4v) is 2.80. The number of piperidine rings is 1. The highest BCUT2D eigenvalue weighted by Gasteiger charge is 2.49. The molecule has 1 atom stereocenters. The van der Waals surface area contributed by atoms with Gasteiger partial charge in [-0.2, -0.15) is 0 Å². The zero-order chi connectivity index (χ0) is 14.1. The molecule has 20 heavy (non-hydrogen) atoms. The van der Waals surface area contributed by atoms with E-state index in [-0.39, 0.29) is 0 Å². The van der Waals surface area contributed by atoms with Crippen LogP contribution < -0.4 is 5.32 Å². The summed E-state index contributed by atoms with van der Waals surface area (Å²) < 4.78 is 0. The number of carbonyl (C=O) groups excluding carboxylic acids is 3. The van der Waals surface area contributed by atoms with E-state index in [0.29, 0.717) is 37.8 Å². The Morgan fingerprint density at radius 1 is 1.15 bits per heavy atom. The molecule has 110 valence electrons. The molecule has 3 rings (SSSR count). The summed E-state index contributed by atoms with van der Waals surface area (Å²) in [7, 11) is 0. The van der Waals surface area contributed by atoms with Crippen LogP contribution in [0.3, 0.4) is 0 Å². The zero-order valence-corrected chi connectivity index (χ0v) is 11.2. The van der Waals surface area contributed by atoms with Crippen LogP contribution in [0.1, 0.15) is 19.3 Å². The van der Waals surface area contributed by atoms with Crippen molar-refractivity contribution in [2.24, 2.45) is 0 Å². The van der Waals surface area contributed by atoms with Gasteiger partial charge in [0.25, 0.3) is 5.91 Å². The summed E-state index contributed by atoms with van der Waals surface area (Å²) in [4.78, 5) is 44.2. The van der Waals surface area contributed by atoms with Gasteiger partial charge in [-0.3, -0.25) is 4.79 Å². The maximum atomic E-state index is 12.1. The SMILES string of the molecule is O=C(ON1C(=O)C2CNCCN2C1=O)N1CCCCC1. The molecular formula is C12H18N4O4. The number of hydroxylamine groups is 2. The molecule has 3 aliphatic rings. The summed E-state index contributed by atoms with van der Waals surface area (Å²) >= 11 is 0. The van der Waals surface area contributed by atoms with Crippen molar-refractivity contribution in [2.45, 2.75) is 25.3 Å². The van der Waals surface area contributed by atoms with Gasteiger partial charge in [0.2, 0.25) is 0 Å². The van der Waals surface area contributed by atoms with Gasteiger partial charge in [0.05, 0.1) is 0 Å². The molecule has 0 saturated carbocycles. The van der Waals surface area contributed by atoms with Gasteiger partial charge in [-0.05, 0) is 19.3 Å². The Bertz CT molecular complexity index is 411. The largest absolute Gasteiger partial charge is 0.434 e. The second-order valence-corrected chi connectivity index (χ2v) is 5.23. The predicted molar refractivity (Wildman–Crippen MR) is 67.5 cm³/mol. The van der Waals surface area contributed by atoms with Gasteiger partial charge >= 0.3 is 12.1 Å². The van der Waals surface area contributed by atoms with Crippen molar-refractivity contribution in [1.82, 2.24) is 20.2 Å². The normalized spacial score (nSPS) is 26.8. The Balaban J connectivity index is 1.66. The number of rotatable bonds is 1. The molecule has 1 unspecified atom stereocenters. The van der Waals surface area contributed by atoms with Gasteiger partial charge in [0, 0.05) is 32.7 Å². The van der Waals surface area contributed by atoms with E-state index in [2.05, 4.69) is 5.32 Å². The van der Waals surface area contributed by atoms with Crippen LogP contribution in [0, 0.1) is 0 Å². The maximum absolute atomic E-state index is 12.1. The van der Waals surface area contributed by atoms with Gasteiger partial charge in [-0.15, -0.1) is 0 Å². The van der Waals surface area contributed by atoms with Gasteiger partial charge in [-0.25, -0.2) is 9.59 Å². The van der Waals surface area contributed by atoms with Crippen LogP contribution in [0.15, 0.2) is 0 Å². The maximum Gasteiger partial charge on any atom is 0.434 e. The first-order chi connectivity index (χ1) is 9.68. The molecule has 0 aliphatic carbocycles. The van der Waals surface area contributed by atoms with E-state index in [9.17, 15) is 14.4 Å². The number of imide groups is 1. The number of piperazine rings is 1. The van der Waals surface area contributed by atoms with Crippen molar-refractivity contribution < 1.29 is 19.2 Å². The Labute approximate surface area is 116 Å². The van der Waals surface area contributed by atoms with Crippen LogP contribution >= 0.6 is 0 Å². The number of carbonyl (C=O) groups is 3. The molecule has 0 radical (unpaired) electrons. The molecule has 4 amide bonds. The van der Waals surface area contributed by atoms with Crippen molar-refractivity contribution in [3.8, 4) is 0 Å². The lowest BCUT2D eigenvalue weighted by molar-refractivity contribution is -0.151. The van der Waals surface area contributed by atoms with Gasteiger partial charge < -0.3 is 20.0 Å². The third kappa shape index (κ3) is 2.20. The van der Waals surface area contributed by atoms with Crippen LogP contribution in [0.2, 0.25) is 0 Å². The summed E-state index contributed by atoms with van der Waals surface area (Å²) in [6, 6.07) is -1.09. The monoisotopic (exact) mass is 282 g/mol. The summed E-state index contributed by atoms with van der Waals surface area (Å²) in [6.07, 6.45) is 2.33. The standard InChI is InChI=1S/C12H18N4O4/c17-10-9-8-13-4-7-15(9)11(18)16(10)20-12(19)14-5-2-1-3-6-14/h9,13H,1-8H2. The number of nitrogens with one attached hydrogen (secondary N) is 1.